The van der Waals surface area contributed by atoms with Crippen LogP contribution in [0.15, 0.2) is 58.4 Å². The zero-order valence-electron chi connectivity index (χ0n) is 17.0. The number of amides is 1. The first-order valence-electron chi connectivity index (χ1n) is 10.1. The molecule has 158 valence electrons. The summed E-state index contributed by atoms with van der Waals surface area (Å²) in [6, 6.07) is 14.5. The summed E-state index contributed by atoms with van der Waals surface area (Å²) >= 11 is 1.56. The van der Waals surface area contributed by atoms with Crippen molar-refractivity contribution >= 4 is 32.9 Å². The minimum Gasteiger partial charge on any atom is -0.286 e. The van der Waals surface area contributed by atoms with E-state index >= 15 is 0 Å². The van der Waals surface area contributed by atoms with E-state index in [9.17, 15) is 13.2 Å². The van der Waals surface area contributed by atoms with E-state index in [1.807, 2.05) is 12.1 Å². The lowest BCUT2D eigenvalue weighted by molar-refractivity contribution is 0.0860. The number of carbonyl (C=O) groups excluding carboxylic acids is 1. The molecule has 0 unspecified atom stereocenters. The van der Waals surface area contributed by atoms with E-state index in [4.69, 9.17) is 0 Å². The Bertz CT molecular complexity index is 1060. The quantitative estimate of drug-likeness (QED) is 0.709. The number of hydrogen-bond acceptors (Lipinski definition) is 5. The first kappa shape index (κ1) is 21.1. The predicted molar refractivity (Wildman–Crippen MR) is 120 cm³/mol. The topological polar surface area (TPSA) is 70.0 Å². The Hall–Kier alpha value is -2.16. The highest BCUT2D eigenvalue weighted by Gasteiger charge is 2.29. The van der Waals surface area contributed by atoms with Crippen LogP contribution in [0.25, 0.3) is 0 Å². The smallest absolute Gasteiger partial charge is 0.259 e. The molecule has 8 heteroatoms. The van der Waals surface area contributed by atoms with Gasteiger partial charge in [-0.1, -0.05) is 36.0 Å². The molecule has 0 saturated carbocycles. The number of amidine groups is 1. The molecule has 0 bridgehead atoms. The summed E-state index contributed by atoms with van der Waals surface area (Å²) in [5.41, 5.74) is 2.92. The van der Waals surface area contributed by atoms with Gasteiger partial charge in [-0.15, -0.1) is 0 Å². The van der Waals surface area contributed by atoms with Gasteiger partial charge in [-0.3, -0.25) is 14.7 Å². The third-order valence-corrected chi connectivity index (χ3v) is 8.44. The Morgan fingerprint density at radius 2 is 1.73 bits per heavy atom. The summed E-state index contributed by atoms with van der Waals surface area (Å²) in [5.74, 6) is 0.608. The summed E-state index contributed by atoms with van der Waals surface area (Å²) in [4.78, 5) is 19.5. The van der Waals surface area contributed by atoms with Gasteiger partial charge in [-0.05, 0) is 55.2 Å². The largest absolute Gasteiger partial charge is 0.286 e. The maximum atomic E-state index is 13.0. The monoisotopic (exact) mass is 443 g/mol. The first-order chi connectivity index (χ1) is 14.5. The van der Waals surface area contributed by atoms with E-state index in [1.54, 1.807) is 28.8 Å². The van der Waals surface area contributed by atoms with Crippen molar-refractivity contribution in [1.82, 2.24) is 9.21 Å². The van der Waals surface area contributed by atoms with E-state index in [-0.39, 0.29) is 10.8 Å². The van der Waals surface area contributed by atoms with Gasteiger partial charge in [-0.2, -0.15) is 4.31 Å². The Morgan fingerprint density at radius 1 is 1.03 bits per heavy atom. The number of sulfonamides is 1. The highest BCUT2D eigenvalue weighted by molar-refractivity contribution is 8.13. The van der Waals surface area contributed by atoms with Gasteiger partial charge in [-0.25, -0.2) is 8.42 Å². The van der Waals surface area contributed by atoms with Gasteiger partial charge >= 0.3 is 0 Å². The highest BCUT2D eigenvalue weighted by atomic mass is 32.2. The summed E-state index contributed by atoms with van der Waals surface area (Å²) in [7, 11) is -3.47. The third kappa shape index (κ3) is 4.31. The molecule has 2 aromatic rings. The van der Waals surface area contributed by atoms with E-state index < -0.39 is 10.0 Å². The fraction of sp³-hybridized carbons (Fsp3) is 0.364. The second kappa shape index (κ2) is 8.91. The molecule has 0 atom stereocenters. The average molecular weight is 444 g/mol. The summed E-state index contributed by atoms with van der Waals surface area (Å²) < 4.78 is 26.9. The zero-order valence-corrected chi connectivity index (χ0v) is 18.6. The molecule has 2 aromatic carbocycles. The average Bonchev–Trinajstić information content (AvgIpc) is 3.45. The van der Waals surface area contributed by atoms with Crippen LogP contribution in [0, 0.1) is 6.92 Å². The molecule has 1 fully saturated rings. The number of thioether (sulfide) groups is 1. The van der Waals surface area contributed by atoms with Gasteiger partial charge in [0.05, 0.1) is 11.4 Å². The molecule has 2 aliphatic heterocycles. The highest BCUT2D eigenvalue weighted by Crippen LogP contribution is 2.24. The van der Waals surface area contributed by atoms with Crippen molar-refractivity contribution in [3.63, 3.8) is 0 Å². The molecule has 6 nitrogen and oxygen atoms in total. The number of rotatable bonds is 5. The molecule has 0 spiro atoms. The van der Waals surface area contributed by atoms with Gasteiger partial charge in [0.1, 0.15) is 0 Å². The number of aliphatic imine (C=N–C) groups is 1. The van der Waals surface area contributed by atoms with Crippen LogP contribution in [0.4, 0.5) is 0 Å². The molecular weight excluding hydrogens is 418 g/mol. The maximum Gasteiger partial charge on any atom is 0.259 e. The van der Waals surface area contributed by atoms with Crippen LogP contribution in [0.2, 0.25) is 0 Å². The number of hydrogen-bond donors (Lipinski definition) is 0. The van der Waals surface area contributed by atoms with Crippen LogP contribution in [0.3, 0.4) is 0 Å². The van der Waals surface area contributed by atoms with Crippen molar-refractivity contribution in [2.45, 2.75) is 30.4 Å². The van der Waals surface area contributed by atoms with Gasteiger partial charge in [0, 0.05) is 31.0 Å². The maximum absolute atomic E-state index is 13.0. The Morgan fingerprint density at radius 3 is 2.43 bits per heavy atom. The number of benzene rings is 2. The van der Waals surface area contributed by atoms with Crippen LogP contribution >= 0.6 is 11.8 Å². The minimum absolute atomic E-state index is 0.145. The lowest BCUT2D eigenvalue weighted by Gasteiger charge is -2.19. The summed E-state index contributed by atoms with van der Waals surface area (Å²) in [6.07, 6.45) is 1.79. The van der Waals surface area contributed by atoms with Crippen molar-refractivity contribution in [1.29, 1.82) is 0 Å². The van der Waals surface area contributed by atoms with Gasteiger partial charge < -0.3 is 0 Å². The van der Waals surface area contributed by atoms with Gasteiger partial charge in [0.2, 0.25) is 10.0 Å². The molecule has 0 aromatic heterocycles. The van der Waals surface area contributed by atoms with E-state index in [0.717, 1.165) is 23.8 Å². The fourth-order valence-electron chi connectivity index (χ4n) is 3.66. The second-order valence-corrected chi connectivity index (χ2v) is 10.4. The second-order valence-electron chi connectivity index (χ2n) is 7.47. The van der Waals surface area contributed by atoms with Crippen LogP contribution in [0.1, 0.15) is 34.3 Å². The molecule has 30 heavy (non-hydrogen) atoms. The Balaban J connectivity index is 1.44. The van der Waals surface area contributed by atoms with Crippen molar-refractivity contribution in [2.75, 3.05) is 26.2 Å². The molecule has 1 saturated heterocycles. The standard InChI is InChI=1S/C22H25N3O3S2/c1-17-6-2-3-7-19(17)16-29-22-23-12-15-25(22)21(26)18-8-10-20(11-9-18)30(27,28)24-13-4-5-14-24/h2-3,6-11H,4-5,12-16H2,1H3. The summed E-state index contributed by atoms with van der Waals surface area (Å²) in [5, 5.41) is 0.719. The van der Waals surface area contributed by atoms with Crippen LogP contribution in [-0.2, 0) is 15.8 Å². The van der Waals surface area contributed by atoms with Gasteiger partial charge in [0.15, 0.2) is 5.17 Å². The minimum atomic E-state index is -3.47. The van der Waals surface area contributed by atoms with E-state index in [2.05, 4.69) is 24.0 Å². The van der Waals surface area contributed by atoms with E-state index in [1.165, 1.54) is 27.6 Å². The lowest BCUT2D eigenvalue weighted by atomic mass is 10.1. The normalized spacial score (nSPS) is 17.4. The van der Waals surface area contributed by atoms with Crippen LogP contribution in [-0.4, -0.2) is 54.9 Å². The number of nitrogens with zero attached hydrogens (tertiary/aromatic N) is 3. The Labute approximate surface area is 182 Å². The SMILES string of the molecule is Cc1ccccc1CSC1=NCCN1C(=O)c1ccc(S(=O)(=O)N2CCCC2)cc1. The molecule has 4 rings (SSSR count). The van der Waals surface area contributed by atoms with Crippen molar-refractivity contribution in [2.24, 2.45) is 4.99 Å². The fourth-order valence-corrected chi connectivity index (χ4v) is 6.29. The Kier molecular flexibility index (Phi) is 6.26. The lowest BCUT2D eigenvalue weighted by Crippen LogP contribution is -2.33. The molecule has 2 heterocycles. The molecular formula is C22H25N3O3S2. The zero-order chi connectivity index (χ0) is 21.1. The number of carbonyl (C=O) groups is 1. The third-order valence-electron chi connectivity index (χ3n) is 5.47. The van der Waals surface area contributed by atoms with Crippen LogP contribution < -0.4 is 0 Å². The van der Waals surface area contributed by atoms with Crippen molar-refractivity contribution in [3.8, 4) is 0 Å². The number of aryl methyl sites for hydroxylation is 1. The van der Waals surface area contributed by atoms with Crippen LogP contribution in [0.5, 0.6) is 0 Å². The molecule has 2 aliphatic rings. The molecule has 0 radical (unpaired) electrons. The predicted octanol–water partition coefficient (Wildman–Crippen LogP) is 3.52. The molecule has 1 amide bonds. The van der Waals surface area contributed by atoms with Crippen molar-refractivity contribution in [3.05, 3.63) is 65.2 Å². The van der Waals surface area contributed by atoms with Crippen molar-refractivity contribution < 1.29 is 13.2 Å². The first-order valence-corrected chi connectivity index (χ1v) is 12.5. The molecule has 0 N–H and O–H groups in total. The molecule has 0 aliphatic carbocycles. The van der Waals surface area contributed by atoms with Gasteiger partial charge in [0.25, 0.3) is 5.91 Å². The summed E-state index contributed by atoms with van der Waals surface area (Å²) in [6.45, 7) is 4.34. The van der Waals surface area contributed by atoms with E-state index in [0.29, 0.717) is 31.7 Å².